The van der Waals surface area contributed by atoms with Crippen LogP contribution < -0.4 is 10.6 Å². The van der Waals surface area contributed by atoms with Crippen molar-refractivity contribution in [2.24, 2.45) is 0 Å². The van der Waals surface area contributed by atoms with E-state index in [0.29, 0.717) is 60.4 Å². The van der Waals surface area contributed by atoms with Crippen LogP contribution in [-0.4, -0.2) is 56.9 Å². The van der Waals surface area contributed by atoms with Crippen molar-refractivity contribution >= 4 is 40.4 Å². The molecular formula is C23H22ClN7O. The number of nitrogens with zero attached hydrogens (tertiary/aromatic N) is 5. The minimum Gasteiger partial charge on any atom is -0.368 e. The minimum atomic E-state index is 0.130. The van der Waals surface area contributed by atoms with E-state index < -0.39 is 0 Å². The number of nitrogens with two attached hydrogens (primary N) is 1. The second-order valence-electron chi connectivity index (χ2n) is 7.70. The zero-order valence-electron chi connectivity index (χ0n) is 17.3. The van der Waals surface area contributed by atoms with E-state index in [2.05, 4.69) is 24.8 Å². The Balaban J connectivity index is 1.36. The Morgan fingerprint density at radius 1 is 0.969 bits per heavy atom. The van der Waals surface area contributed by atoms with E-state index in [0.717, 1.165) is 11.1 Å². The van der Waals surface area contributed by atoms with Gasteiger partial charge in [0, 0.05) is 31.7 Å². The van der Waals surface area contributed by atoms with E-state index in [1.807, 2.05) is 59.5 Å². The van der Waals surface area contributed by atoms with Gasteiger partial charge in [0.15, 0.2) is 11.5 Å². The monoisotopic (exact) mass is 447 g/mol. The van der Waals surface area contributed by atoms with Gasteiger partial charge in [0.2, 0.25) is 11.9 Å². The number of nitrogen functional groups attached to an aromatic ring is 1. The number of amides is 1. The Kier molecular flexibility index (Phi) is 5.36. The number of H-pyrrole nitrogens is 1. The van der Waals surface area contributed by atoms with Crippen molar-refractivity contribution in [1.82, 2.24) is 24.8 Å². The van der Waals surface area contributed by atoms with Crippen LogP contribution in [0.25, 0.3) is 22.6 Å². The predicted molar refractivity (Wildman–Crippen MR) is 125 cm³/mol. The molecule has 0 unspecified atom stereocenters. The van der Waals surface area contributed by atoms with Crippen molar-refractivity contribution in [1.29, 1.82) is 0 Å². The lowest BCUT2D eigenvalue weighted by Crippen LogP contribution is -2.49. The second kappa shape index (κ2) is 8.47. The van der Waals surface area contributed by atoms with Gasteiger partial charge in [-0.1, -0.05) is 54.1 Å². The van der Waals surface area contributed by atoms with Crippen molar-refractivity contribution in [3.8, 4) is 11.4 Å². The molecule has 8 nitrogen and oxygen atoms in total. The van der Waals surface area contributed by atoms with Gasteiger partial charge in [0.1, 0.15) is 11.3 Å². The molecule has 0 aliphatic carbocycles. The maximum atomic E-state index is 12.7. The maximum Gasteiger partial charge on any atom is 0.227 e. The molecule has 0 atom stereocenters. The number of carbonyl (C=O) groups excluding carboxylic acids is 1. The molecule has 0 radical (unpaired) electrons. The number of aromatic nitrogens is 4. The molecule has 0 bridgehead atoms. The summed E-state index contributed by atoms with van der Waals surface area (Å²) in [6.07, 6.45) is 0.410. The number of imidazole rings is 1. The fraction of sp³-hybridized carbons (Fsp3) is 0.217. The molecule has 3 N–H and O–H groups in total. The molecule has 162 valence electrons. The lowest BCUT2D eigenvalue weighted by atomic mass is 10.1. The van der Waals surface area contributed by atoms with Crippen LogP contribution >= 0.6 is 11.6 Å². The molecule has 0 spiro atoms. The van der Waals surface area contributed by atoms with Gasteiger partial charge in [-0.2, -0.15) is 9.97 Å². The average Bonchev–Trinajstić information content (AvgIpc) is 3.23. The second-order valence-corrected chi connectivity index (χ2v) is 8.11. The highest BCUT2D eigenvalue weighted by molar-refractivity contribution is 6.33. The first-order valence-corrected chi connectivity index (χ1v) is 10.8. The maximum absolute atomic E-state index is 12.7. The quantitative estimate of drug-likeness (QED) is 0.498. The average molecular weight is 448 g/mol. The van der Waals surface area contributed by atoms with Gasteiger partial charge in [0.25, 0.3) is 0 Å². The Hall–Kier alpha value is -3.65. The Bertz CT molecular complexity index is 1270. The Morgan fingerprint density at radius 3 is 2.44 bits per heavy atom. The van der Waals surface area contributed by atoms with E-state index in [4.69, 9.17) is 17.3 Å². The first kappa shape index (κ1) is 20.3. The normalized spacial score (nSPS) is 14.2. The van der Waals surface area contributed by atoms with Gasteiger partial charge >= 0.3 is 0 Å². The number of aromatic amines is 1. The summed E-state index contributed by atoms with van der Waals surface area (Å²) in [5, 5.41) is 0.597. The number of piperazine rings is 1. The summed E-state index contributed by atoms with van der Waals surface area (Å²) >= 11 is 6.34. The van der Waals surface area contributed by atoms with E-state index in [1.54, 1.807) is 0 Å². The van der Waals surface area contributed by atoms with Gasteiger partial charge in [-0.15, -0.1) is 0 Å². The molecule has 1 amide bonds. The summed E-state index contributed by atoms with van der Waals surface area (Å²) in [5.41, 5.74) is 8.98. The van der Waals surface area contributed by atoms with Crippen LogP contribution in [0.2, 0.25) is 5.02 Å². The fourth-order valence-corrected chi connectivity index (χ4v) is 4.18. The van der Waals surface area contributed by atoms with E-state index in [-0.39, 0.29) is 11.9 Å². The first-order chi connectivity index (χ1) is 15.6. The van der Waals surface area contributed by atoms with E-state index in [9.17, 15) is 4.79 Å². The molecule has 3 heterocycles. The summed E-state index contributed by atoms with van der Waals surface area (Å²) in [6, 6.07) is 17.3. The fourth-order valence-electron chi connectivity index (χ4n) is 3.96. The molecular weight excluding hydrogens is 426 g/mol. The molecule has 1 fully saturated rings. The van der Waals surface area contributed by atoms with Gasteiger partial charge in [-0.3, -0.25) is 4.79 Å². The van der Waals surface area contributed by atoms with Crippen molar-refractivity contribution < 1.29 is 4.79 Å². The molecule has 4 aromatic rings. The van der Waals surface area contributed by atoms with Gasteiger partial charge in [-0.25, -0.2) is 4.98 Å². The topological polar surface area (TPSA) is 104 Å². The molecule has 9 heteroatoms. The predicted octanol–water partition coefficient (Wildman–Crippen LogP) is 3.15. The molecule has 1 aliphatic heterocycles. The summed E-state index contributed by atoms with van der Waals surface area (Å²) in [6.45, 7) is 2.52. The summed E-state index contributed by atoms with van der Waals surface area (Å²) < 4.78 is 0. The third-order valence-electron chi connectivity index (χ3n) is 5.61. The third kappa shape index (κ3) is 3.97. The van der Waals surface area contributed by atoms with E-state index in [1.165, 1.54) is 0 Å². The number of fused-ring (bicyclic) bond motifs is 1. The lowest BCUT2D eigenvalue weighted by Gasteiger charge is -2.35. The molecule has 1 saturated heterocycles. The minimum absolute atomic E-state index is 0.130. The smallest absolute Gasteiger partial charge is 0.227 e. The van der Waals surface area contributed by atoms with Crippen LogP contribution in [0.3, 0.4) is 0 Å². The summed E-state index contributed by atoms with van der Waals surface area (Å²) in [5.74, 6) is 1.59. The standard InChI is InChI=1S/C23H22ClN7O/c24-17-9-5-4-8-16(17)20-26-19-21(27-20)28-23(25)29-22(19)31-12-10-30(11-13-31)18(32)14-15-6-2-1-3-7-15/h1-9H,10-14H2,(H3,25,26,27,28,29). The molecule has 2 aromatic carbocycles. The van der Waals surface area contributed by atoms with Crippen LogP contribution in [0, 0.1) is 0 Å². The zero-order chi connectivity index (χ0) is 22.1. The first-order valence-electron chi connectivity index (χ1n) is 10.4. The number of benzene rings is 2. The number of carbonyl (C=O) groups is 1. The lowest BCUT2D eigenvalue weighted by molar-refractivity contribution is -0.130. The zero-order valence-corrected chi connectivity index (χ0v) is 18.1. The number of anilines is 2. The van der Waals surface area contributed by atoms with Crippen LogP contribution in [0.5, 0.6) is 0 Å². The van der Waals surface area contributed by atoms with E-state index >= 15 is 0 Å². The van der Waals surface area contributed by atoms with Gasteiger partial charge in [-0.05, 0) is 17.7 Å². The Morgan fingerprint density at radius 2 is 1.69 bits per heavy atom. The molecule has 1 aliphatic rings. The van der Waals surface area contributed by atoms with Crippen molar-refractivity contribution in [2.75, 3.05) is 36.8 Å². The highest BCUT2D eigenvalue weighted by Crippen LogP contribution is 2.30. The van der Waals surface area contributed by atoms with Crippen LogP contribution in [0.15, 0.2) is 54.6 Å². The van der Waals surface area contributed by atoms with Crippen LogP contribution in [-0.2, 0) is 11.2 Å². The van der Waals surface area contributed by atoms with Crippen LogP contribution in [0.1, 0.15) is 5.56 Å². The van der Waals surface area contributed by atoms with Crippen molar-refractivity contribution in [3.05, 3.63) is 65.2 Å². The largest absolute Gasteiger partial charge is 0.368 e. The molecule has 0 saturated carbocycles. The molecule has 2 aromatic heterocycles. The SMILES string of the molecule is Nc1nc(N2CCN(C(=O)Cc3ccccc3)CC2)c2[nH]c(-c3ccccc3Cl)nc2n1. The van der Waals surface area contributed by atoms with Crippen molar-refractivity contribution in [2.45, 2.75) is 6.42 Å². The third-order valence-corrected chi connectivity index (χ3v) is 5.94. The summed E-state index contributed by atoms with van der Waals surface area (Å²) in [4.78, 5) is 33.4. The van der Waals surface area contributed by atoms with Gasteiger partial charge in [0.05, 0.1) is 11.4 Å². The Labute approximate surface area is 190 Å². The molecule has 32 heavy (non-hydrogen) atoms. The molecule has 5 rings (SSSR count). The number of halogens is 1. The van der Waals surface area contributed by atoms with Crippen molar-refractivity contribution in [3.63, 3.8) is 0 Å². The van der Waals surface area contributed by atoms with Gasteiger partial charge < -0.3 is 20.5 Å². The number of hydrogen-bond donors (Lipinski definition) is 2. The number of hydrogen-bond acceptors (Lipinski definition) is 6. The van der Waals surface area contributed by atoms with Crippen LogP contribution in [0.4, 0.5) is 11.8 Å². The number of nitrogens with one attached hydrogen (secondary N) is 1. The highest BCUT2D eigenvalue weighted by Gasteiger charge is 2.25. The highest BCUT2D eigenvalue weighted by atomic mass is 35.5. The number of rotatable bonds is 4. The summed E-state index contributed by atoms with van der Waals surface area (Å²) in [7, 11) is 0.